The van der Waals surface area contributed by atoms with Crippen molar-refractivity contribution in [3.63, 3.8) is 0 Å². The average molecular weight is 236 g/mol. The van der Waals surface area contributed by atoms with E-state index in [0.29, 0.717) is 11.3 Å². The zero-order valence-electron chi connectivity index (χ0n) is 10.0. The van der Waals surface area contributed by atoms with Crippen LogP contribution < -0.4 is 4.74 Å². The van der Waals surface area contributed by atoms with Crippen LogP contribution in [0.4, 0.5) is 0 Å². The lowest BCUT2D eigenvalue weighted by molar-refractivity contribution is 0.112. The molecule has 0 bridgehead atoms. The van der Waals surface area contributed by atoms with Crippen molar-refractivity contribution < 1.29 is 9.53 Å². The van der Waals surface area contributed by atoms with Gasteiger partial charge in [-0.05, 0) is 16.2 Å². The van der Waals surface area contributed by atoms with Gasteiger partial charge in [0.25, 0.3) is 0 Å². The standard InChI is InChI=1S/C16H12O2/c1-18-16-14-9-5-4-7-12(14)11-6-2-3-8-13(11)15(16)10-17/h2-10H,1H3. The number of aldehydes is 1. The van der Waals surface area contributed by atoms with E-state index in [4.69, 9.17) is 4.74 Å². The molecule has 0 aliphatic heterocycles. The largest absolute Gasteiger partial charge is 0.495 e. The molecule has 0 saturated carbocycles. The van der Waals surface area contributed by atoms with Crippen LogP contribution in [0, 0.1) is 0 Å². The number of fused-ring (bicyclic) bond motifs is 3. The molecule has 0 aromatic heterocycles. The van der Waals surface area contributed by atoms with Gasteiger partial charge in [0.2, 0.25) is 0 Å². The summed E-state index contributed by atoms with van der Waals surface area (Å²) >= 11 is 0. The van der Waals surface area contributed by atoms with Crippen LogP contribution >= 0.6 is 0 Å². The summed E-state index contributed by atoms with van der Waals surface area (Å²) in [6.07, 6.45) is 0.869. The van der Waals surface area contributed by atoms with Gasteiger partial charge in [-0.25, -0.2) is 0 Å². The Kier molecular flexibility index (Phi) is 2.49. The minimum Gasteiger partial charge on any atom is -0.495 e. The lowest BCUT2D eigenvalue weighted by Crippen LogP contribution is -1.94. The monoisotopic (exact) mass is 236 g/mol. The molecule has 0 atom stereocenters. The van der Waals surface area contributed by atoms with Crippen LogP contribution in [0.5, 0.6) is 5.75 Å². The molecule has 88 valence electrons. The van der Waals surface area contributed by atoms with Crippen molar-refractivity contribution in [1.29, 1.82) is 0 Å². The van der Waals surface area contributed by atoms with Crippen molar-refractivity contribution in [2.75, 3.05) is 7.11 Å². The summed E-state index contributed by atoms with van der Waals surface area (Å²) in [6.45, 7) is 0. The Balaban J connectivity index is 2.65. The smallest absolute Gasteiger partial charge is 0.154 e. The molecule has 0 spiro atoms. The zero-order chi connectivity index (χ0) is 12.5. The Morgan fingerprint density at radius 3 is 1.89 bits per heavy atom. The summed E-state index contributed by atoms with van der Waals surface area (Å²) in [5, 5.41) is 4.09. The normalized spacial score (nSPS) is 10.7. The summed E-state index contributed by atoms with van der Waals surface area (Å²) in [7, 11) is 1.60. The molecule has 18 heavy (non-hydrogen) atoms. The molecule has 0 amide bonds. The number of carbonyl (C=O) groups is 1. The van der Waals surface area contributed by atoms with Gasteiger partial charge in [-0.2, -0.15) is 0 Å². The van der Waals surface area contributed by atoms with Crippen molar-refractivity contribution in [2.45, 2.75) is 0 Å². The van der Waals surface area contributed by atoms with Gasteiger partial charge in [-0.1, -0.05) is 48.5 Å². The van der Waals surface area contributed by atoms with E-state index in [1.807, 2.05) is 42.5 Å². The highest BCUT2D eigenvalue weighted by atomic mass is 16.5. The van der Waals surface area contributed by atoms with E-state index in [-0.39, 0.29) is 0 Å². The molecule has 0 heterocycles. The molecule has 0 unspecified atom stereocenters. The maximum absolute atomic E-state index is 11.4. The van der Waals surface area contributed by atoms with Crippen LogP contribution in [0.1, 0.15) is 10.4 Å². The zero-order valence-corrected chi connectivity index (χ0v) is 10.0. The molecule has 3 aromatic rings. The topological polar surface area (TPSA) is 26.3 Å². The second-order valence-electron chi connectivity index (χ2n) is 4.16. The second-order valence-corrected chi connectivity index (χ2v) is 4.16. The molecule has 0 saturated heterocycles. The molecule has 2 heteroatoms. The Morgan fingerprint density at radius 2 is 1.33 bits per heavy atom. The average Bonchev–Trinajstić information content (AvgIpc) is 2.45. The molecule has 0 fully saturated rings. The Hall–Kier alpha value is -2.35. The molecule has 0 radical (unpaired) electrons. The number of methoxy groups -OCH3 is 1. The van der Waals surface area contributed by atoms with E-state index in [1.165, 1.54) is 0 Å². The summed E-state index contributed by atoms with van der Waals surface area (Å²) in [5.41, 5.74) is 0.617. The number of hydrogen-bond donors (Lipinski definition) is 0. The Bertz CT molecular complexity index is 745. The highest BCUT2D eigenvalue weighted by molar-refractivity contribution is 6.17. The summed E-state index contributed by atoms with van der Waals surface area (Å²) in [4.78, 5) is 11.4. The van der Waals surface area contributed by atoms with Crippen LogP contribution in [0.2, 0.25) is 0 Å². The first-order chi connectivity index (χ1) is 8.86. The first-order valence-corrected chi connectivity index (χ1v) is 5.79. The highest BCUT2D eigenvalue weighted by Crippen LogP contribution is 2.36. The first kappa shape index (κ1) is 10.8. The predicted octanol–water partition coefficient (Wildman–Crippen LogP) is 3.81. The van der Waals surface area contributed by atoms with E-state index in [9.17, 15) is 4.79 Å². The highest BCUT2D eigenvalue weighted by Gasteiger charge is 2.13. The molecule has 0 aliphatic carbocycles. The lowest BCUT2D eigenvalue weighted by atomic mass is 9.96. The number of carbonyl (C=O) groups excluding carboxylic acids is 1. The molecule has 0 N–H and O–H groups in total. The Labute approximate surface area is 105 Å². The number of rotatable bonds is 2. The van der Waals surface area contributed by atoms with E-state index >= 15 is 0 Å². The van der Waals surface area contributed by atoms with E-state index in [1.54, 1.807) is 7.11 Å². The van der Waals surface area contributed by atoms with Gasteiger partial charge in [0.1, 0.15) is 5.75 Å². The number of hydrogen-bond acceptors (Lipinski definition) is 2. The second kappa shape index (κ2) is 4.15. The van der Waals surface area contributed by atoms with Crippen molar-refractivity contribution >= 4 is 27.8 Å². The van der Waals surface area contributed by atoms with Gasteiger partial charge < -0.3 is 4.74 Å². The molecular formula is C16H12O2. The van der Waals surface area contributed by atoms with Crippen molar-refractivity contribution in [3.05, 3.63) is 54.1 Å². The Morgan fingerprint density at radius 1 is 0.833 bits per heavy atom. The predicted molar refractivity (Wildman–Crippen MR) is 73.4 cm³/mol. The van der Waals surface area contributed by atoms with Crippen LogP contribution in [-0.2, 0) is 0 Å². The quantitative estimate of drug-likeness (QED) is 0.499. The van der Waals surface area contributed by atoms with Crippen molar-refractivity contribution in [3.8, 4) is 5.75 Å². The SMILES string of the molecule is COc1c(C=O)c2ccccc2c2ccccc12. The van der Waals surface area contributed by atoms with Crippen molar-refractivity contribution in [2.24, 2.45) is 0 Å². The summed E-state index contributed by atoms with van der Waals surface area (Å²) in [6, 6.07) is 15.9. The third-order valence-corrected chi connectivity index (χ3v) is 3.25. The molecular weight excluding hydrogens is 224 g/mol. The summed E-state index contributed by atoms with van der Waals surface area (Å²) in [5.74, 6) is 0.652. The van der Waals surface area contributed by atoms with E-state index in [0.717, 1.165) is 27.8 Å². The van der Waals surface area contributed by atoms with Gasteiger partial charge in [-0.15, -0.1) is 0 Å². The lowest BCUT2D eigenvalue weighted by Gasteiger charge is -2.12. The molecule has 2 nitrogen and oxygen atoms in total. The maximum Gasteiger partial charge on any atom is 0.154 e. The number of benzene rings is 3. The van der Waals surface area contributed by atoms with Gasteiger partial charge in [0, 0.05) is 5.39 Å². The summed E-state index contributed by atoms with van der Waals surface area (Å²) < 4.78 is 5.43. The van der Waals surface area contributed by atoms with Gasteiger partial charge >= 0.3 is 0 Å². The van der Waals surface area contributed by atoms with Crippen LogP contribution in [-0.4, -0.2) is 13.4 Å². The maximum atomic E-state index is 11.4. The molecule has 3 rings (SSSR count). The minimum atomic E-state index is 0.617. The van der Waals surface area contributed by atoms with Crippen LogP contribution in [0.25, 0.3) is 21.5 Å². The van der Waals surface area contributed by atoms with E-state index < -0.39 is 0 Å². The fourth-order valence-electron chi connectivity index (χ4n) is 2.47. The fourth-order valence-corrected chi connectivity index (χ4v) is 2.47. The van der Waals surface area contributed by atoms with Gasteiger partial charge in [0.15, 0.2) is 6.29 Å². The van der Waals surface area contributed by atoms with Gasteiger partial charge in [0.05, 0.1) is 12.7 Å². The van der Waals surface area contributed by atoms with Crippen molar-refractivity contribution in [1.82, 2.24) is 0 Å². The van der Waals surface area contributed by atoms with E-state index in [2.05, 4.69) is 6.07 Å². The number of ether oxygens (including phenoxy) is 1. The van der Waals surface area contributed by atoms with Crippen LogP contribution in [0.15, 0.2) is 48.5 Å². The fraction of sp³-hybridized carbons (Fsp3) is 0.0625. The molecule has 0 aliphatic rings. The van der Waals surface area contributed by atoms with Gasteiger partial charge in [-0.3, -0.25) is 4.79 Å². The third kappa shape index (κ3) is 1.39. The minimum absolute atomic E-state index is 0.617. The molecule has 3 aromatic carbocycles. The van der Waals surface area contributed by atoms with Crippen LogP contribution in [0.3, 0.4) is 0 Å². The third-order valence-electron chi connectivity index (χ3n) is 3.25. The first-order valence-electron chi connectivity index (χ1n) is 5.79.